The van der Waals surface area contributed by atoms with Gasteiger partial charge in [-0.25, -0.2) is 4.39 Å². The van der Waals surface area contributed by atoms with Crippen molar-refractivity contribution in [2.45, 2.75) is 58.1 Å². The third-order valence-electron chi connectivity index (χ3n) is 4.36. The fourth-order valence-corrected chi connectivity index (χ4v) is 2.91. The van der Waals surface area contributed by atoms with Crippen molar-refractivity contribution < 1.29 is 13.9 Å². The van der Waals surface area contributed by atoms with Crippen molar-refractivity contribution in [2.75, 3.05) is 13.6 Å². The lowest BCUT2D eigenvalue weighted by Crippen LogP contribution is -2.37. The third-order valence-corrected chi connectivity index (χ3v) is 4.36. The second-order valence-corrected chi connectivity index (χ2v) is 6.44. The van der Waals surface area contributed by atoms with Gasteiger partial charge in [0.15, 0.2) is 5.96 Å². The van der Waals surface area contributed by atoms with Gasteiger partial charge in [0.2, 0.25) is 0 Å². The number of ether oxygens (including phenoxy) is 1. The lowest BCUT2D eigenvalue weighted by atomic mass is 10.1. The van der Waals surface area contributed by atoms with Crippen LogP contribution in [0.3, 0.4) is 0 Å². The van der Waals surface area contributed by atoms with Gasteiger partial charge in [0.05, 0.1) is 0 Å². The number of aryl methyl sites for hydroxylation is 1. The van der Waals surface area contributed by atoms with E-state index in [9.17, 15) is 9.18 Å². The Hall–Kier alpha value is -2.11. The van der Waals surface area contributed by atoms with Gasteiger partial charge in [-0.3, -0.25) is 9.79 Å². The second kappa shape index (κ2) is 10.0. The van der Waals surface area contributed by atoms with Crippen LogP contribution in [-0.4, -0.2) is 31.6 Å². The van der Waals surface area contributed by atoms with Crippen LogP contribution >= 0.6 is 0 Å². The van der Waals surface area contributed by atoms with Crippen molar-refractivity contribution in [1.29, 1.82) is 0 Å². The molecule has 6 heteroatoms. The van der Waals surface area contributed by atoms with Crippen LogP contribution in [0.1, 0.15) is 49.7 Å². The number of carbonyl (C=O) groups excluding carboxylic acids is 1. The van der Waals surface area contributed by atoms with Gasteiger partial charge in [-0.15, -0.1) is 0 Å². The smallest absolute Gasteiger partial charge is 0.306 e. The Morgan fingerprint density at radius 1 is 1.32 bits per heavy atom. The number of esters is 1. The summed E-state index contributed by atoms with van der Waals surface area (Å²) in [5.74, 6) is 0.348. The molecule has 1 aliphatic carbocycles. The molecule has 1 aromatic rings. The minimum absolute atomic E-state index is 0.113. The molecular formula is C19H28FN3O2. The number of halogens is 1. The predicted octanol–water partition coefficient (Wildman–Crippen LogP) is 3.07. The molecular weight excluding hydrogens is 321 g/mol. The summed E-state index contributed by atoms with van der Waals surface area (Å²) < 4.78 is 18.7. The van der Waals surface area contributed by atoms with Crippen LogP contribution in [0.25, 0.3) is 0 Å². The molecule has 0 amide bonds. The highest BCUT2D eigenvalue weighted by molar-refractivity contribution is 5.79. The van der Waals surface area contributed by atoms with E-state index < -0.39 is 0 Å². The van der Waals surface area contributed by atoms with Crippen LogP contribution in [0.2, 0.25) is 0 Å². The monoisotopic (exact) mass is 349 g/mol. The molecule has 1 fully saturated rings. The Labute approximate surface area is 149 Å². The molecule has 0 radical (unpaired) electrons. The molecule has 5 nitrogen and oxygen atoms in total. The summed E-state index contributed by atoms with van der Waals surface area (Å²) in [6.07, 6.45) is 5.57. The number of guanidine groups is 1. The van der Waals surface area contributed by atoms with Gasteiger partial charge in [0.25, 0.3) is 0 Å². The number of benzene rings is 1. The Balaban J connectivity index is 1.62. The molecule has 1 saturated carbocycles. The molecule has 2 rings (SSSR count). The zero-order valence-electron chi connectivity index (χ0n) is 15.1. The zero-order valence-corrected chi connectivity index (χ0v) is 15.1. The van der Waals surface area contributed by atoms with Crippen LogP contribution in [0.15, 0.2) is 23.2 Å². The first kappa shape index (κ1) is 19.2. The summed E-state index contributed by atoms with van der Waals surface area (Å²) in [4.78, 5) is 15.9. The van der Waals surface area contributed by atoms with Gasteiger partial charge < -0.3 is 15.4 Å². The van der Waals surface area contributed by atoms with Crippen molar-refractivity contribution in [3.8, 4) is 0 Å². The van der Waals surface area contributed by atoms with Gasteiger partial charge in [-0.1, -0.05) is 12.1 Å². The van der Waals surface area contributed by atoms with Crippen LogP contribution in [0.4, 0.5) is 4.39 Å². The van der Waals surface area contributed by atoms with Crippen LogP contribution in [0, 0.1) is 12.7 Å². The Kier molecular flexibility index (Phi) is 7.70. The van der Waals surface area contributed by atoms with Gasteiger partial charge >= 0.3 is 5.97 Å². The highest BCUT2D eigenvalue weighted by Gasteiger charge is 2.18. The predicted molar refractivity (Wildman–Crippen MR) is 96.9 cm³/mol. The second-order valence-electron chi connectivity index (χ2n) is 6.44. The third kappa shape index (κ3) is 6.72. The molecule has 2 N–H and O–H groups in total. The van der Waals surface area contributed by atoms with Crippen LogP contribution < -0.4 is 10.6 Å². The van der Waals surface area contributed by atoms with E-state index in [1.54, 1.807) is 20.0 Å². The first-order valence-electron chi connectivity index (χ1n) is 8.97. The maximum Gasteiger partial charge on any atom is 0.306 e. The lowest BCUT2D eigenvalue weighted by molar-refractivity contribution is -0.148. The quantitative estimate of drug-likeness (QED) is 0.344. The van der Waals surface area contributed by atoms with Crippen molar-refractivity contribution in [3.05, 3.63) is 35.1 Å². The van der Waals surface area contributed by atoms with Crippen LogP contribution in [-0.2, 0) is 16.1 Å². The fraction of sp³-hybridized carbons (Fsp3) is 0.579. The van der Waals surface area contributed by atoms with Crippen molar-refractivity contribution in [3.63, 3.8) is 0 Å². The topological polar surface area (TPSA) is 62.7 Å². The number of aliphatic imine (C=N–C) groups is 1. The minimum Gasteiger partial charge on any atom is -0.462 e. The summed E-state index contributed by atoms with van der Waals surface area (Å²) in [5.41, 5.74) is 1.62. The summed E-state index contributed by atoms with van der Waals surface area (Å²) in [6, 6.07) is 5.04. The average Bonchev–Trinajstić information content (AvgIpc) is 3.10. The van der Waals surface area contributed by atoms with E-state index in [1.165, 1.54) is 6.07 Å². The van der Waals surface area contributed by atoms with E-state index in [2.05, 4.69) is 15.6 Å². The molecule has 0 aromatic heterocycles. The zero-order chi connectivity index (χ0) is 18.1. The maximum absolute atomic E-state index is 13.3. The van der Waals surface area contributed by atoms with Crippen molar-refractivity contribution >= 4 is 11.9 Å². The highest BCUT2D eigenvalue weighted by Crippen LogP contribution is 2.21. The number of hydrogen-bond acceptors (Lipinski definition) is 3. The summed E-state index contributed by atoms with van der Waals surface area (Å²) in [7, 11) is 1.69. The molecule has 0 spiro atoms. The SMILES string of the molecule is CN=C(NCCCC(=O)OC1CCCC1)NCc1ccc(F)c(C)c1. The van der Waals surface area contributed by atoms with E-state index in [-0.39, 0.29) is 17.9 Å². The maximum atomic E-state index is 13.3. The molecule has 1 aromatic carbocycles. The number of carbonyl (C=O) groups is 1. The normalized spacial score (nSPS) is 15.2. The van der Waals surface area contributed by atoms with Gasteiger partial charge in [-0.2, -0.15) is 0 Å². The molecule has 0 unspecified atom stereocenters. The Morgan fingerprint density at radius 2 is 2.08 bits per heavy atom. The summed E-state index contributed by atoms with van der Waals surface area (Å²) in [6.45, 7) is 2.95. The van der Waals surface area contributed by atoms with Crippen molar-refractivity contribution in [1.82, 2.24) is 10.6 Å². The van der Waals surface area contributed by atoms with Gasteiger partial charge in [0.1, 0.15) is 11.9 Å². The number of rotatable bonds is 7. The molecule has 0 saturated heterocycles. The molecule has 25 heavy (non-hydrogen) atoms. The molecule has 1 aliphatic rings. The summed E-state index contributed by atoms with van der Waals surface area (Å²) in [5, 5.41) is 6.35. The Morgan fingerprint density at radius 3 is 2.76 bits per heavy atom. The fourth-order valence-electron chi connectivity index (χ4n) is 2.91. The standard InChI is InChI=1S/C19H28FN3O2/c1-14-12-15(9-10-17(14)20)13-23-19(21-2)22-11-5-8-18(24)25-16-6-3-4-7-16/h9-10,12,16H,3-8,11,13H2,1-2H3,(H2,21,22,23). The van der Waals surface area contributed by atoms with Gasteiger partial charge in [-0.05, 0) is 56.2 Å². The molecule has 138 valence electrons. The van der Waals surface area contributed by atoms with Crippen LogP contribution in [0.5, 0.6) is 0 Å². The highest BCUT2D eigenvalue weighted by atomic mass is 19.1. The number of hydrogen-bond donors (Lipinski definition) is 2. The summed E-state index contributed by atoms with van der Waals surface area (Å²) >= 11 is 0. The lowest BCUT2D eigenvalue weighted by Gasteiger charge is -2.13. The van der Waals surface area contributed by atoms with E-state index in [1.807, 2.05) is 6.07 Å². The molecule has 0 aliphatic heterocycles. The Bertz CT molecular complexity index is 598. The van der Waals surface area contributed by atoms with E-state index in [0.29, 0.717) is 37.5 Å². The number of nitrogens with zero attached hydrogens (tertiary/aromatic N) is 1. The molecule has 0 atom stereocenters. The number of nitrogens with one attached hydrogen (secondary N) is 2. The van der Waals surface area contributed by atoms with Crippen molar-refractivity contribution in [2.24, 2.45) is 4.99 Å². The first-order valence-corrected chi connectivity index (χ1v) is 8.97. The van der Waals surface area contributed by atoms with Gasteiger partial charge in [0, 0.05) is 26.6 Å². The van der Waals surface area contributed by atoms with E-state index >= 15 is 0 Å². The van der Waals surface area contributed by atoms with E-state index in [4.69, 9.17) is 4.74 Å². The largest absolute Gasteiger partial charge is 0.462 e. The first-order chi connectivity index (χ1) is 12.1. The molecule has 0 heterocycles. The van der Waals surface area contributed by atoms with E-state index in [0.717, 1.165) is 31.2 Å². The molecule has 0 bridgehead atoms. The average molecular weight is 349 g/mol. The minimum atomic E-state index is -0.198.